The Morgan fingerprint density at radius 1 is 1.25 bits per heavy atom. The molecule has 0 aliphatic carbocycles. The van der Waals surface area contributed by atoms with Crippen LogP contribution in [-0.4, -0.2) is 22.9 Å². The van der Waals surface area contributed by atoms with Crippen LogP contribution in [-0.2, 0) is 22.7 Å². The SMILES string of the molecule is C=CC(=O)N1Cc2ccc(NC(=O)C(F)(F)F)cc2C1. The highest BCUT2D eigenvalue weighted by Crippen LogP contribution is 2.27. The number of carbonyl (C=O) groups excluding carboxylic acids is 2. The summed E-state index contributed by atoms with van der Waals surface area (Å²) in [4.78, 5) is 23.8. The lowest BCUT2D eigenvalue weighted by atomic mass is 10.1. The second-order valence-electron chi connectivity index (χ2n) is 4.33. The van der Waals surface area contributed by atoms with Crippen molar-refractivity contribution in [3.8, 4) is 0 Å². The molecule has 4 nitrogen and oxygen atoms in total. The van der Waals surface area contributed by atoms with Crippen LogP contribution in [0.15, 0.2) is 30.9 Å². The van der Waals surface area contributed by atoms with E-state index in [-0.39, 0.29) is 18.1 Å². The summed E-state index contributed by atoms with van der Waals surface area (Å²) >= 11 is 0. The molecule has 2 rings (SSSR count). The first kappa shape index (κ1) is 14.1. The Morgan fingerprint density at radius 2 is 1.90 bits per heavy atom. The highest BCUT2D eigenvalue weighted by atomic mass is 19.4. The molecule has 0 spiro atoms. The topological polar surface area (TPSA) is 49.4 Å². The van der Waals surface area contributed by atoms with Gasteiger partial charge >= 0.3 is 12.1 Å². The number of anilines is 1. The van der Waals surface area contributed by atoms with E-state index in [0.29, 0.717) is 12.1 Å². The van der Waals surface area contributed by atoms with Crippen molar-refractivity contribution in [2.75, 3.05) is 5.32 Å². The van der Waals surface area contributed by atoms with Crippen LogP contribution in [0.5, 0.6) is 0 Å². The van der Waals surface area contributed by atoms with Crippen molar-refractivity contribution in [2.24, 2.45) is 0 Å². The molecule has 0 bridgehead atoms. The van der Waals surface area contributed by atoms with Gasteiger partial charge in [-0.05, 0) is 29.3 Å². The Labute approximate surface area is 112 Å². The first-order valence-electron chi connectivity index (χ1n) is 5.72. The molecular formula is C13H11F3N2O2. The van der Waals surface area contributed by atoms with Gasteiger partial charge in [0, 0.05) is 18.8 Å². The zero-order chi connectivity index (χ0) is 14.9. The van der Waals surface area contributed by atoms with E-state index in [2.05, 4.69) is 6.58 Å². The minimum Gasteiger partial charge on any atom is -0.331 e. The first-order valence-corrected chi connectivity index (χ1v) is 5.72. The van der Waals surface area contributed by atoms with Crippen LogP contribution in [0.2, 0.25) is 0 Å². The Hall–Kier alpha value is -2.31. The standard InChI is InChI=1S/C13H11F3N2O2/c1-2-11(19)18-6-8-3-4-10(5-9(8)7-18)17-12(20)13(14,15)16/h2-5H,1,6-7H2,(H,17,20). The number of hydrogen-bond acceptors (Lipinski definition) is 2. The molecule has 1 heterocycles. The molecule has 1 aliphatic heterocycles. The Bertz CT molecular complexity index is 581. The number of amides is 2. The summed E-state index contributed by atoms with van der Waals surface area (Å²) in [6.45, 7) is 4.05. The van der Waals surface area contributed by atoms with Gasteiger partial charge in [0.1, 0.15) is 0 Å². The fourth-order valence-corrected chi connectivity index (χ4v) is 1.96. The van der Waals surface area contributed by atoms with Crippen molar-refractivity contribution in [2.45, 2.75) is 19.3 Å². The number of benzene rings is 1. The molecule has 0 saturated heterocycles. The fourth-order valence-electron chi connectivity index (χ4n) is 1.96. The van der Waals surface area contributed by atoms with E-state index in [1.54, 1.807) is 11.4 Å². The third-order valence-corrected chi connectivity index (χ3v) is 2.93. The summed E-state index contributed by atoms with van der Waals surface area (Å²) in [5, 5.41) is 1.78. The van der Waals surface area contributed by atoms with E-state index in [9.17, 15) is 22.8 Å². The lowest BCUT2D eigenvalue weighted by molar-refractivity contribution is -0.167. The largest absolute Gasteiger partial charge is 0.471 e. The Balaban J connectivity index is 2.14. The van der Waals surface area contributed by atoms with Crippen molar-refractivity contribution < 1.29 is 22.8 Å². The minimum absolute atomic E-state index is 0.0546. The number of alkyl halides is 3. The molecule has 1 aromatic rings. The van der Waals surface area contributed by atoms with Crippen LogP contribution in [0.3, 0.4) is 0 Å². The molecule has 2 amide bonds. The van der Waals surface area contributed by atoms with Crippen LogP contribution in [0, 0.1) is 0 Å². The van der Waals surface area contributed by atoms with Gasteiger partial charge in [-0.25, -0.2) is 0 Å². The maximum atomic E-state index is 12.1. The Morgan fingerprint density at radius 3 is 2.50 bits per heavy atom. The zero-order valence-corrected chi connectivity index (χ0v) is 10.3. The van der Waals surface area contributed by atoms with Gasteiger partial charge in [0.25, 0.3) is 0 Å². The number of carbonyl (C=O) groups is 2. The van der Waals surface area contributed by atoms with Gasteiger partial charge in [-0.1, -0.05) is 12.6 Å². The van der Waals surface area contributed by atoms with Crippen LogP contribution in [0.25, 0.3) is 0 Å². The molecule has 1 aliphatic rings. The third-order valence-electron chi connectivity index (χ3n) is 2.93. The summed E-state index contributed by atoms with van der Waals surface area (Å²) in [6, 6.07) is 4.41. The monoisotopic (exact) mass is 284 g/mol. The number of fused-ring (bicyclic) bond motifs is 1. The van der Waals surface area contributed by atoms with Crippen molar-refractivity contribution >= 4 is 17.5 Å². The average molecular weight is 284 g/mol. The second kappa shape index (κ2) is 4.99. The molecule has 0 unspecified atom stereocenters. The summed E-state index contributed by atoms with van der Waals surface area (Å²) in [5.41, 5.74) is 1.60. The molecule has 20 heavy (non-hydrogen) atoms. The molecule has 7 heteroatoms. The van der Waals surface area contributed by atoms with Gasteiger partial charge in [-0.3, -0.25) is 9.59 Å². The average Bonchev–Trinajstić information content (AvgIpc) is 2.79. The molecule has 0 saturated carbocycles. The molecule has 1 N–H and O–H groups in total. The summed E-state index contributed by atoms with van der Waals surface area (Å²) in [6.07, 6.45) is -3.75. The van der Waals surface area contributed by atoms with E-state index in [0.717, 1.165) is 5.56 Å². The van der Waals surface area contributed by atoms with Crippen LogP contribution in [0.1, 0.15) is 11.1 Å². The first-order chi connectivity index (χ1) is 9.31. The smallest absolute Gasteiger partial charge is 0.331 e. The lowest BCUT2D eigenvalue weighted by Crippen LogP contribution is -2.29. The summed E-state index contributed by atoms with van der Waals surface area (Å²) < 4.78 is 36.4. The predicted octanol–water partition coefficient (Wildman–Crippen LogP) is 2.22. The number of rotatable bonds is 2. The van der Waals surface area contributed by atoms with Gasteiger partial charge in [0.15, 0.2) is 0 Å². The third kappa shape index (κ3) is 2.81. The molecule has 1 aromatic carbocycles. The summed E-state index contributed by atoms with van der Waals surface area (Å²) in [5.74, 6) is -2.27. The van der Waals surface area contributed by atoms with Gasteiger partial charge in [0.2, 0.25) is 5.91 Å². The number of nitrogens with one attached hydrogen (secondary N) is 1. The van der Waals surface area contributed by atoms with Crippen LogP contribution in [0.4, 0.5) is 18.9 Å². The van der Waals surface area contributed by atoms with Crippen molar-refractivity contribution in [1.29, 1.82) is 0 Å². The fraction of sp³-hybridized carbons (Fsp3) is 0.231. The Kier molecular flexibility index (Phi) is 3.52. The number of hydrogen-bond donors (Lipinski definition) is 1. The maximum absolute atomic E-state index is 12.1. The molecular weight excluding hydrogens is 273 g/mol. The number of halogens is 3. The predicted molar refractivity (Wildman–Crippen MR) is 65.6 cm³/mol. The quantitative estimate of drug-likeness (QED) is 0.847. The van der Waals surface area contributed by atoms with Gasteiger partial charge in [-0.15, -0.1) is 0 Å². The van der Waals surface area contributed by atoms with E-state index in [4.69, 9.17) is 0 Å². The van der Waals surface area contributed by atoms with Crippen molar-refractivity contribution in [1.82, 2.24) is 4.90 Å². The minimum atomic E-state index is -4.93. The molecule has 0 radical (unpaired) electrons. The van der Waals surface area contributed by atoms with E-state index in [1.165, 1.54) is 23.1 Å². The molecule has 0 atom stereocenters. The zero-order valence-electron chi connectivity index (χ0n) is 10.3. The van der Waals surface area contributed by atoms with E-state index in [1.807, 2.05) is 0 Å². The van der Waals surface area contributed by atoms with Crippen molar-refractivity contribution in [3.63, 3.8) is 0 Å². The maximum Gasteiger partial charge on any atom is 0.471 e. The van der Waals surface area contributed by atoms with Gasteiger partial charge < -0.3 is 10.2 Å². The molecule has 0 fully saturated rings. The summed E-state index contributed by atoms with van der Waals surface area (Å²) in [7, 11) is 0. The molecule has 106 valence electrons. The number of nitrogens with zero attached hydrogens (tertiary/aromatic N) is 1. The van der Waals surface area contributed by atoms with E-state index >= 15 is 0 Å². The van der Waals surface area contributed by atoms with Crippen molar-refractivity contribution in [3.05, 3.63) is 42.0 Å². The normalized spacial score (nSPS) is 13.8. The van der Waals surface area contributed by atoms with Crippen LogP contribution < -0.4 is 5.32 Å². The van der Waals surface area contributed by atoms with Gasteiger partial charge in [-0.2, -0.15) is 13.2 Å². The highest BCUT2D eigenvalue weighted by molar-refractivity contribution is 5.95. The van der Waals surface area contributed by atoms with Gasteiger partial charge in [0.05, 0.1) is 0 Å². The lowest BCUT2D eigenvalue weighted by Gasteiger charge is -2.11. The molecule has 0 aromatic heterocycles. The van der Waals surface area contributed by atoms with Crippen LogP contribution >= 0.6 is 0 Å². The highest BCUT2D eigenvalue weighted by Gasteiger charge is 2.38. The van der Waals surface area contributed by atoms with E-state index < -0.39 is 12.1 Å². The second-order valence-corrected chi connectivity index (χ2v) is 4.33.